The summed E-state index contributed by atoms with van der Waals surface area (Å²) in [7, 11) is -5.22. The molecule has 0 rings (SSSR count). The quantitative estimate of drug-likeness (QED) is 0.410. The van der Waals surface area contributed by atoms with Crippen molar-refractivity contribution in [2.45, 2.75) is 19.9 Å². The Labute approximate surface area is 48.2 Å². The molecule has 0 aliphatic heterocycles. The van der Waals surface area contributed by atoms with Gasteiger partial charge < -0.3 is 0 Å². The standard InChI is InChI=1S/C4H9F3Si/c1-4(2)3-8(5,6)7/h4H,3H2,1-2H3. The zero-order valence-corrected chi connectivity index (χ0v) is 5.92. The molecule has 0 spiro atoms. The summed E-state index contributed by atoms with van der Waals surface area (Å²) < 4.78 is 34.3. The first kappa shape index (κ1) is 8.01. The molecule has 8 heavy (non-hydrogen) atoms. The largest absolute Gasteiger partial charge is 0.616 e. The zero-order chi connectivity index (χ0) is 6.78. The lowest BCUT2D eigenvalue weighted by molar-refractivity contribution is 0.447. The van der Waals surface area contributed by atoms with Gasteiger partial charge in [-0.3, -0.25) is 0 Å². The van der Waals surface area contributed by atoms with Crippen molar-refractivity contribution >= 4 is 9.08 Å². The molecule has 0 aliphatic rings. The highest BCUT2D eigenvalue weighted by atomic mass is 28.5. The third-order valence-corrected chi connectivity index (χ3v) is 1.92. The second-order valence-electron chi connectivity index (χ2n) is 2.21. The Kier molecular flexibility index (Phi) is 2.53. The molecule has 0 saturated carbocycles. The monoisotopic (exact) mass is 142 g/mol. The summed E-state index contributed by atoms with van der Waals surface area (Å²) in [6.07, 6.45) is 0. The molecule has 0 nitrogen and oxygen atoms in total. The molecule has 0 aromatic carbocycles. The Morgan fingerprint density at radius 2 is 1.62 bits per heavy atom. The first-order valence-electron chi connectivity index (χ1n) is 2.48. The summed E-state index contributed by atoms with van der Waals surface area (Å²) in [5.74, 6) is -0.221. The molecular weight excluding hydrogens is 133 g/mol. The molecule has 0 atom stereocenters. The van der Waals surface area contributed by atoms with Crippen molar-refractivity contribution in [2.75, 3.05) is 0 Å². The van der Waals surface area contributed by atoms with Crippen LogP contribution in [0.1, 0.15) is 13.8 Å². The lowest BCUT2D eigenvalue weighted by Gasteiger charge is -2.03. The van der Waals surface area contributed by atoms with E-state index in [0.717, 1.165) is 0 Å². The van der Waals surface area contributed by atoms with E-state index in [1.165, 1.54) is 0 Å². The van der Waals surface area contributed by atoms with Crippen molar-refractivity contribution < 1.29 is 12.3 Å². The predicted octanol–water partition coefficient (Wildman–Crippen LogP) is 2.49. The molecule has 0 radical (unpaired) electrons. The number of halogens is 3. The molecule has 0 N–H and O–H groups in total. The van der Waals surface area contributed by atoms with Gasteiger partial charge in [0, 0.05) is 6.04 Å². The van der Waals surface area contributed by atoms with Crippen molar-refractivity contribution in [1.82, 2.24) is 0 Å². The Morgan fingerprint density at radius 3 is 1.62 bits per heavy atom. The van der Waals surface area contributed by atoms with E-state index in [-0.39, 0.29) is 5.92 Å². The molecule has 0 bridgehead atoms. The fraction of sp³-hybridized carbons (Fsp3) is 1.00. The maximum Gasteiger partial charge on any atom is 0.616 e. The fourth-order valence-corrected chi connectivity index (χ4v) is 1.39. The van der Waals surface area contributed by atoms with Crippen LogP contribution in [0, 0.1) is 5.92 Å². The highest BCUT2D eigenvalue weighted by Crippen LogP contribution is 2.19. The van der Waals surface area contributed by atoms with E-state index < -0.39 is 15.1 Å². The van der Waals surface area contributed by atoms with Gasteiger partial charge in [0.15, 0.2) is 0 Å². The van der Waals surface area contributed by atoms with Gasteiger partial charge in [0.1, 0.15) is 0 Å². The maximum absolute atomic E-state index is 11.4. The molecule has 0 fully saturated rings. The number of hydrogen-bond donors (Lipinski definition) is 0. The van der Waals surface area contributed by atoms with Crippen LogP contribution in [0.2, 0.25) is 6.04 Å². The van der Waals surface area contributed by atoms with Crippen molar-refractivity contribution in [3.63, 3.8) is 0 Å². The summed E-state index contributed by atoms with van der Waals surface area (Å²) >= 11 is 0. The van der Waals surface area contributed by atoms with E-state index in [9.17, 15) is 12.3 Å². The molecule has 0 heterocycles. The van der Waals surface area contributed by atoms with E-state index in [1.807, 2.05) is 0 Å². The van der Waals surface area contributed by atoms with Crippen molar-refractivity contribution in [2.24, 2.45) is 5.92 Å². The van der Waals surface area contributed by atoms with Gasteiger partial charge in [-0.15, -0.1) is 0 Å². The van der Waals surface area contributed by atoms with Gasteiger partial charge in [-0.2, -0.15) is 0 Å². The lowest BCUT2D eigenvalue weighted by atomic mass is 10.3. The molecule has 0 aliphatic carbocycles. The predicted molar refractivity (Wildman–Crippen MR) is 28.7 cm³/mol. The van der Waals surface area contributed by atoms with E-state index >= 15 is 0 Å². The molecule has 4 heteroatoms. The van der Waals surface area contributed by atoms with Crippen LogP contribution in [-0.4, -0.2) is 9.08 Å². The molecular formula is C4H9F3Si. The average molecular weight is 142 g/mol. The second kappa shape index (κ2) is 2.52. The zero-order valence-electron chi connectivity index (χ0n) is 4.92. The van der Waals surface area contributed by atoms with Gasteiger partial charge in [0.2, 0.25) is 0 Å². The van der Waals surface area contributed by atoms with Gasteiger partial charge in [-0.25, -0.2) is 12.3 Å². The molecule has 0 aromatic heterocycles. The van der Waals surface area contributed by atoms with Crippen molar-refractivity contribution in [1.29, 1.82) is 0 Å². The van der Waals surface area contributed by atoms with Gasteiger partial charge in [-0.1, -0.05) is 13.8 Å². The van der Waals surface area contributed by atoms with E-state index in [4.69, 9.17) is 0 Å². The molecule has 0 aromatic rings. The molecule has 0 amide bonds. The fourth-order valence-electron chi connectivity index (χ4n) is 0.463. The minimum absolute atomic E-state index is 0.221. The molecule has 50 valence electrons. The number of hydrogen-bond acceptors (Lipinski definition) is 0. The maximum atomic E-state index is 11.4. The van der Waals surface area contributed by atoms with Crippen LogP contribution in [0.15, 0.2) is 0 Å². The van der Waals surface area contributed by atoms with Crippen LogP contribution in [0.25, 0.3) is 0 Å². The van der Waals surface area contributed by atoms with Crippen molar-refractivity contribution in [3.05, 3.63) is 0 Å². The lowest BCUT2D eigenvalue weighted by Crippen LogP contribution is -2.16. The van der Waals surface area contributed by atoms with Gasteiger partial charge in [0.05, 0.1) is 0 Å². The second-order valence-corrected chi connectivity index (χ2v) is 3.85. The van der Waals surface area contributed by atoms with Crippen LogP contribution in [0.5, 0.6) is 0 Å². The summed E-state index contributed by atoms with van der Waals surface area (Å²) in [6.45, 7) is 3.17. The van der Waals surface area contributed by atoms with Gasteiger partial charge >= 0.3 is 9.08 Å². The van der Waals surface area contributed by atoms with Crippen molar-refractivity contribution in [3.8, 4) is 0 Å². The van der Waals surface area contributed by atoms with E-state index in [0.29, 0.717) is 0 Å². The molecule has 0 saturated heterocycles. The van der Waals surface area contributed by atoms with E-state index in [2.05, 4.69) is 0 Å². The summed E-state index contributed by atoms with van der Waals surface area (Å²) in [6, 6.07) is -0.535. The first-order valence-corrected chi connectivity index (χ1v) is 4.32. The summed E-state index contributed by atoms with van der Waals surface area (Å²) in [5, 5.41) is 0. The summed E-state index contributed by atoms with van der Waals surface area (Å²) in [5.41, 5.74) is 0. The van der Waals surface area contributed by atoms with Crippen LogP contribution >= 0.6 is 0 Å². The number of rotatable bonds is 2. The molecule has 0 unspecified atom stereocenters. The third-order valence-electron chi connectivity index (χ3n) is 0.640. The Bertz CT molecular complexity index is 66.2. The minimum atomic E-state index is -5.22. The Balaban J connectivity index is 3.39. The van der Waals surface area contributed by atoms with Gasteiger partial charge in [0.25, 0.3) is 0 Å². The summed E-state index contributed by atoms with van der Waals surface area (Å²) in [4.78, 5) is 0. The minimum Gasteiger partial charge on any atom is -0.238 e. The van der Waals surface area contributed by atoms with Crippen LogP contribution < -0.4 is 0 Å². The highest BCUT2D eigenvalue weighted by Gasteiger charge is 2.36. The van der Waals surface area contributed by atoms with Gasteiger partial charge in [-0.05, 0) is 5.92 Å². The SMILES string of the molecule is CC(C)C[Si](F)(F)F. The third kappa shape index (κ3) is 6.01. The smallest absolute Gasteiger partial charge is 0.238 e. The van der Waals surface area contributed by atoms with Crippen LogP contribution in [-0.2, 0) is 0 Å². The Hall–Kier alpha value is 0.00688. The highest BCUT2D eigenvalue weighted by molar-refractivity contribution is 6.58. The Morgan fingerprint density at radius 1 is 1.25 bits per heavy atom. The average Bonchev–Trinajstić information content (AvgIpc) is 1.21. The van der Waals surface area contributed by atoms with Crippen LogP contribution in [0.3, 0.4) is 0 Å². The normalized spacial score (nSPS) is 12.8. The first-order chi connectivity index (χ1) is 3.42. The topological polar surface area (TPSA) is 0 Å². The van der Waals surface area contributed by atoms with E-state index in [1.54, 1.807) is 13.8 Å². The van der Waals surface area contributed by atoms with Crippen LogP contribution in [0.4, 0.5) is 12.3 Å².